The van der Waals surface area contributed by atoms with Crippen LogP contribution in [0.2, 0.25) is 0 Å². The summed E-state index contributed by atoms with van der Waals surface area (Å²) in [6, 6.07) is 7.80. The third kappa shape index (κ3) is 3.32. The van der Waals surface area contributed by atoms with Crippen molar-refractivity contribution in [1.82, 2.24) is 15.1 Å². The minimum atomic E-state index is -0.0465. The average Bonchev–Trinajstić information content (AvgIpc) is 3.22. The number of anilines is 1. The highest BCUT2D eigenvalue weighted by molar-refractivity contribution is 9.10. The molecule has 25 heavy (non-hydrogen) atoms. The second-order valence-corrected chi connectivity index (χ2v) is 8.08. The lowest BCUT2D eigenvalue weighted by Gasteiger charge is -2.33. The molecule has 1 aliphatic carbocycles. The number of carbonyl (C=O) groups excluding carboxylic acids is 1. The van der Waals surface area contributed by atoms with Crippen molar-refractivity contribution in [2.24, 2.45) is 0 Å². The first kappa shape index (κ1) is 16.6. The molecule has 1 atom stereocenters. The average molecular weight is 403 g/mol. The molecule has 1 saturated carbocycles. The van der Waals surface area contributed by atoms with Gasteiger partial charge in [-0.15, -0.1) is 0 Å². The number of hydrogen-bond donors (Lipinski definition) is 2. The molecule has 1 aliphatic heterocycles. The Morgan fingerprint density at radius 3 is 2.92 bits per heavy atom. The lowest BCUT2D eigenvalue weighted by molar-refractivity contribution is 0.181. The monoisotopic (exact) mass is 402 g/mol. The molecular formula is C19H23BrN4O. The van der Waals surface area contributed by atoms with E-state index in [1.807, 2.05) is 29.2 Å². The van der Waals surface area contributed by atoms with E-state index < -0.39 is 0 Å². The number of urea groups is 1. The number of carbonyl (C=O) groups is 1. The Labute approximate surface area is 156 Å². The van der Waals surface area contributed by atoms with Crippen LogP contribution in [0.3, 0.4) is 0 Å². The third-order valence-corrected chi connectivity index (χ3v) is 5.92. The molecule has 6 heteroatoms. The maximum atomic E-state index is 12.8. The number of amides is 2. The van der Waals surface area contributed by atoms with Gasteiger partial charge in [0.1, 0.15) is 0 Å². The maximum absolute atomic E-state index is 12.8. The number of H-pyrrole nitrogens is 1. The minimum absolute atomic E-state index is 0.0465. The van der Waals surface area contributed by atoms with Crippen molar-refractivity contribution in [2.45, 2.75) is 57.5 Å². The van der Waals surface area contributed by atoms with Crippen molar-refractivity contribution in [3.8, 4) is 0 Å². The van der Waals surface area contributed by atoms with Crippen LogP contribution in [0.4, 0.5) is 10.5 Å². The van der Waals surface area contributed by atoms with E-state index in [0.717, 1.165) is 16.6 Å². The molecule has 0 spiro atoms. The fraction of sp³-hybridized carbons (Fsp3) is 0.474. The second-order valence-electron chi connectivity index (χ2n) is 7.17. The van der Waals surface area contributed by atoms with Crippen LogP contribution in [0.25, 0.3) is 0 Å². The van der Waals surface area contributed by atoms with E-state index in [0.29, 0.717) is 12.5 Å². The Morgan fingerprint density at radius 1 is 1.36 bits per heavy atom. The summed E-state index contributed by atoms with van der Waals surface area (Å²) in [6.07, 6.45) is 5.85. The van der Waals surface area contributed by atoms with E-state index in [9.17, 15) is 4.79 Å². The molecule has 0 unspecified atom stereocenters. The Morgan fingerprint density at radius 2 is 2.16 bits per heavy atom. The summed E-state index contributed by atoms with van der Waals surface area (Å²) in [5.41, 5.74) is 4.45. The van der Waals surface area contributed by atoms with Gasteiger partial charge >= 0.3 is 6.03 Å². The van der Waals surface area contributed by atoms with Crippen LogP contribution in [0.1, 0.15) is 55.5 Å². The molecule has 0 saturated heterocycles. The number of nitrogens with one attached hydrogen (secondary N) is 2. The van der Waals surface area contributed by atoms with Gasteiger partial charge < -0.3 is 10.2 Å². The highest BCUT2D eigenvalue weighted by Gasteiger charge is 2.33. The molecule has 2 aliphatic rings. The summed E-state index contributed by atoms with van der Waals surface area (Å²) in [6.45, 7) is 2.73. The summed E-state index contributed by atoms with van der Waals surface area (Å²) in [7, 11) is 0. The minimum Gasteiger partial charge on any atom is -0.317 e. The van der Waals surface area contributed by atoms with Crippen LogP contribution in [0.15, 0.2) is 28.7 Å². The third-order valence-electron chi connectivity index (χ3n) is 5.42. The molecule has 0 radical (unpaired) electrons. The van der Waals surface area contributed by atoms with Crippen molar-refractivity contribution in [2.75, 3.05) is 5.32 Å². The number of benzene rings is 1. The number of fused-ring (bicyclic) bond motifs is 1. The van der Waals surface area contributed by atoms with Gasteiger partial charge in [0.2, 0.25) is 0 Å². The van der Waals surface area contributed by atoms with E-state index in [2.05, 4.69) is 38.4 Å². The molecule has 2 aromatic rings. The van der Waals surface area contributed by atoms with Gasteiger partial charge in [-0.2, -0.15) is 5.10 Å². The molecule has 132 valence electrons. The Hall–Kier alpha value is -1.82. The van der Waals surface area contributed by atoms with Crippen LogP contribution in [-0.4, -0.2) is 27.2 Å². The van der Waals surface area contributed by atoms with Crippen LogP contribution in [0, 0.1) is 0 Å². The SMILES string of the molecule is C[C@@H]1Cc2[nH]nc(C3CCCC3)c2CN1C(=O)Nc1cccc(Br)c1. The number of halogens is 1. The van der Waals surface area contributed by atoms with Gasteiger partial charge in [-0.1, -0.05) is 34.8 Å². The van der Waals surface area contributed by atoms with Crippen molar-refractivity contribution in [1.29, 1.82) is 0 Å². The predicted octanol–water partition coefficient (Wildman–Crippen LogP) is 4.81. The standard InChI is InChI=1S/C19H23BrN4O/c1-12-9-17-16(18(23-22-17)13-5-2-3-6-13)11-24(12)19(25)21-15-8-4-7-14(20)10-15/h4,7-8,10,12-13H,2-3,5-6,9,11H2,1H3,(H,21,25)(H,22,23)/t12-/m1/s1. The summed E-state index contributed by atoms with van der Waals surface area (Å²) in [4.78, 5) is 14.8. The molecule has 5 nitrogen and oxygen atoms in total. The quantitative estimate of drug-likeness (QED) is 0.756. The van der Waals surface area contributed by atoms with Crippen LogP contribution >= 0.6 is 15.9 Å². The zero-order valence-corrected chi connectivity index (χ0v) is 16.0. The van der Waals surface area contributed by atoms with Gasteiger partial charge in [-0.25, -0.2) is 4.79 Å². The van der Waals surface area contributed by atoms with Gasteiger partial charge in [0.25, 0.3) is 0 Å². The fourth-order valence-electron chi connectivity index (χ4n) is 4.06. The van der Waals surface area contributed by atoms with E-state index in [1.165, 1.54) is 42.6 Å². The Bertz CT molecular complexity index is 781. The Kier molecular flexibility index (Phi) is 4.54. The van der Waals surface area contributed by atoms with Crippen LogP contribution in [0.5, 0.6) is 0 Å². The molecule has 2 N–H and O–H groups in total. The van der Waals surface area contributed by atoms with Gasteiger partial charge in [0.05, 0.1) is 12.2 Å². The lowest BCUT2D eigenvalue weighted by Crippen LogP contribution is -2.44. The van der Waals surface area contributed by atoms with Crippen LogP contribution in [-0.2, 0) is 13.0 Å². The first-order chi connectivity index (χ1) is 12.1. The number of nitrogens with zero attached hydrogens (tertiary/aromatic N) is 2. The molecule has 1 aromatic heterocycles. The second kappa shape index (κ2) is 6.83. The number of rotatable bonds is 2. The summed E-state index contributed by atoms with van der Waals surface area (Å²) < 4.78 is 0.956. The molecule has 0 bridgehead atoms. The topological polar surface area (TPSA) is 61.0 Å². The zero-order valence-electron chi connectivity index (χ0n) is 14.4. The van der Waals surface area contributed by atoms with Crippen molar-refractivity contribution in [3.05, 3.63) is 45.7 Å². The van der Waals surface area contributed by atoms with Gasteiger partial charge in [0.15, 0.2) is 0 Å². The zero-order chi connectivity index (χ0) is 17.4. The van der Waals surface area contributed by atoms with Gasteiger partial charge in [-0.3, -0.25) is 5.10 Å². The highest BCUT2D eigenvalue weighted by Crippen LogP contribution is 2.37. The van der Waals surface area contributed by atoms with Gasteiger partial charge in [-0.05, 0) is 38.0 Å². The summed E-state index contributed by atoms with van der Waals surface area (Å²) >= 11 is 3.45. The highest BCUT2D eigenvalue weighted by atomic mass is 79.9. The first-order valence-electron chi connectivity index (χ1n) is 9.01. The molecular weight excluding hydrogens is 380 g/mol. The number of hydrogen-bond acceptors (Lipinski definition) is 2. The van der Waals surface area contributed by atoms with E-state index in [1.54, 1.807) is 0 Å². The van der Waals surface area contributed by atoms with E-state index >= 15 is 0 Å². The maximum Gasteiger partial charge on any atom is 0.322 e. The van der Waals surface area contributed by atoms with E-state index in [-0.39, 0.29) is 12.1 Å². The molecule has 1 aromatic carbocycles. The van der Waals surface area contributed by atoms with Gasteiger partial charge in [0, 0.05) is 39.8 Å². The molecule has 4 rings (SSSR count). The van der Waals surface area contributed by atoms with E-state index in [4.69, 9.17) is 0 Å². The summed E-state index contributed by atoms with van der Waals surface area (Å²) in [5, 5.41) is 10.9. The summed E-state index contributed by atoms with van der Waals surface area (Å²) in [5.74, 6) is 0.559. The number of aromatic nitrogens is 2. The Balaban J connectivity index is 1.53. The van der Waals surface area contributed by atoms with Crippen molar-refractivity contribution in [3.63, 3.8) is 0 Å². The fourth-order valence-corrected chi connectivity index (χ4v) is 4.46. The van der Waals surface area contributed by atoms with Crippen molar-refractivity contribution < 1.29 is 4.79 Å². The molecule has 1 fully saturated rings. The number of aromatic amines is 1. The first-order valence-corrected chi connectivity index (χ1v) is 9.80. The normalized spacial score (nSPS) is 20.6. The van der Waals surface area contributed by atoms with Crippen molar-refractivity contribution >= 4 is 27.6 Å². The molecule has 2 amide bonds. The molecule has 2 heterocycles. The van der Waals surface area contributed by atoms with Crippen LogP contribution < -0.4 is 5.32 Å². The lowest BCUT2D eigenvalue weighted by atomic mass is 9.94. The largest absolute Gasteiger partial charge is 0.322 e. The smallest absolute Gasteiger partial charge is 0.317 e. The predicted molar refractivity (Wildman–Crippen MR) is 102 cm³/mol.